The Kier molecular flexibility index (Phi) is 5.92. The first kappa shape index (κ1) is 19.8. The molecule has 2 N–H and O–H groups in total. The fourth-order valence-electron chi connectivity index (χ4n) is 2.80. The number of hydrogen-bond acceptors (Lipinski definition) is 3. The second-order valence-electron chi connectivity index (χ2n) is 6.60. The van der Waals surface area contributed by atoms with Gasteiger partial charge in [0.25, 0.3) is 5.91 Å². The van der Waals surface area contributed by atoms with Gasteiger partial charge in [-0.3, -0.25) is 4.79 Å². The Bertz CT molecular complexity index is 1110. The quantitative estimate of drug-likeness (QED) is 0.663. The van der Waals surface area contributed by atoms with Crippen LogP contribution in [-0.2, 0) is 16.6 Å². The first-order valence-corrected chi connectivity index (χ1v) is 10.4. The summed E-state index contributed by atoms with van der Waals surface area (Å²) in [6, 6.07) is 21.0. The van der Waals surface area contributed by atoms with E-state index in [9.17, 15) is 13.2 Å². The lowest BCUT2D eigenvalue weighted by Crippen LogP contribution is -2.24. The van der Waals surface area contributed by atoms with Gasteiger partial charge in [0.2, 0.25) is 10.0 Å². The molecule has 28 heavy (non-hydrogen) atoms. The Balaban J connectivity index is 1.76. The van der Waals surface area contributed by atoms with Gasteiger partial charge in [-0.05, 0) is 60.9 Å². The van der Waals surface area contributed by atoms with E-state index in [4.69, 9.17) is 0 Å². The lowest BCUT2D eigenvalue weighted by Gasteiger charge is -2.10. The van der Waals surface area contributed by atoms with Gasteiger partial charge >= 0.3 is 0 Å². The van der Waals surface area contributed by atoms with E-state index < -0.39 is 10.0 Å². The van der Waals surface area contributed by atoms with Crippen molar-refractivity contribution in [2.75, 3.05) is 5.32 Å². The molecule has 3 rings (SSSR count). The fourth-order valence-corrected chi connectivity index (χ4v) is 3.85. The van der Waals surface area contributed by atoms with Crippen LogP contribution in [0.4, 0.5) is 5.69 Å². The molecule has 144 valence electrons. The van der Waals surface area contributed by atoms with E-state index in [1.54, 1.807) is 18.2 Å². The largest absolute Gasteiger partial charge is 0.322 e. The Labute approximate surface area is 165 Å². The van der Waals surface area contributed by atoms with Crippen molar-refractivity contribution in [3.63, 3.8) is 0 Å². The smallest absolute Gasteiger partial charge is 0.255 e. The van der Waals surface area contributed by atoms with Gasteiger partial charge in [0.1, 0.15) is 0 Å². The predicted octanol–water partition coefficient (Wildman–Crippen LogP) is 4.03. The van der Waals surface area contributed by atoms with Crippen LogP contribution >= 0.6 is 0 Å². The van der Waals surface area contributed by atoms with Gasteiger partial charge < -0.3 is 5.32 Å². The number of benzene rings is 3. The molecule has 3 aromatic carbocycles. The Morgan fingerprint density at radius 1 is 0.893 bits per heavy atom. The van der Waals surface area contributed by atoms with Crippen LogP contribution in [0.15, 0.2) is 77.7 Å². The number of anilines is 1. The molecule has 0 heterocycles. The van der Waals surface area contributed by atoms with Crippen LogP contribution in [-0.4, -0.2) is 14.3 Å². The molecular formula is C22H22N2O3S. The Morgan fingerprint density at radius 2 is 1.64 bits per heavy atom. The molecule has 0 unspecified atom stereocenters. The van der Waals surface area contributed by atoms with Crippen LogP contribution in [0, 0.1) is 13.8 Å². The van der Waals surface area contributed by atoms with Gasteiger partial charge in [0.15, 0.2) is 0 Å². The molecule has 0 radical (unpaired) electrons. The summed E-state index contributed by atoms with van der Waals surface area (Å²) in [5.41, 5.74) is 3.88. The summed E-state index contributed by atoms with van der Waals surface area (Å²) >= 11 is 0. The van der Waals surface area contributed by atoms with Crippen LogP contribution in [0.2, 0.25) is 0 Å². The minimum absolute atomic E-state index is 0.0537. The maximum atomic E-state index is 12.7. The number of carbonyl (C=O) groups is 1. The summed E-state index contributed by atoms with van der Waals surface area (Å²) in [6.07, 6.45) is 0. The van der Waals surface area contributed by atoms with Gasteiger partial charge in [-0.1, -0.05) is 42.5 Å². The maximum Gasteiger partial charge on any atom is 0.255 e. The van der Waals surface area contributed by atoms with Gasteiger partial charge in [-0.25, -0.2) is 13.1 Å². The molecule has 3 aromatic rings. The lowest BCUT2D eigenvalue weighted by molar-refractivity contribution is 0.102. The maximum absolute atomic E-state index is 12.7. The Hall–Kier alpha value is -2.96. The highest BCUT2D eigenvalue weighted by Gasteiger charge is 2.16. The summed E-state index contributed by atoms with van der Waals surface area (Å²) in [6.45, 7) is 4.05. The molecule has 0 aliphatic carbocycles. The topological polar surface area (TPSA) is 75.3 Å². The molecule has 0 aliphatic heterocycles. The van der Waals surface area contributed by atoms with Crippen molar-refractivity contribution in [3.05, 3.63) is 95.1 Å². The molecule has 0 aromatic heterocycles. The molecule has 6 heteroatoms. The molecule has 0 saturated carbocycles. The van der Waals surface area contributed by atoms with Crippen LogP contribution in [0.1, 0.15) is 27.0 Å². The molecule has 0 saturated heterocycles. The van der Waals surface area contributed by atoms with Gasteiger partial charge in [-0.2, -0.15) is 0 Å². The number of rotatable bonds is 6. The van der Waals surface area contributed by atoms with Crippen molar-refractivity contribution in [1.82, 2.24) is 4.72 Å². The van der Waals surface area contributed by atoms with Crippen molar-refractivity contribution >= 4 is 21.6 Å². The van der Waals surface area contributed by atoms with E-state index in [0.717, 1.165) is 16.7 Å². The summed E-state index contributed by atoms with van der Waals surface area (Å²) in [4.78, 5) is 12.6. The average molecular weight is 394 g/mol. The minimum atomic E-state index is -3.74. The SMILES string of the molecule is Cc1cccc(NC(=O)c2cccc(S(=O)(=O)NCc3ccccc3C)c2)c1. The molecule has 0 atom stereocenters. The number of aryl methyl sites for hydroxylation is 2. The number of sulfonamides is 1. The van der Waals surface area contributed by atoms with Crippen LogP contribution in [0.3, 0.4) is 0 Å². The van der Waals surface area contributed by atoms with Crippen molar-refractivity contribution in [3.8, 4) is 0 Å². The molecule has 5 nitrogen and oxygen atoms in total. The second-order valence-corrected chi connectivity index (χ2v) is 8.37. The van der Waals surface area contributed by atoms with Crippen molar-refractivity contribution in [2.24, 2.45) is 0 Å². The fraction of sp³-hybridized carbons (Fsp3) is 0.136. The zero-order valence-electron chi connectivity index (χ0n) is 15.8. The van der Waals surface area contributed by atoms with Crippen LogP contribution < -0.4 is 10.0 Å². The van der Waals surface area contributed by atoms with E-state index in [-0.39, 0.29) is 22.9 Å². The molecule has 0 bridgehead atoms. The number of hydrogen-bond donors (Lipinski definition) is 2. The monoisotopic (exact) mass is 394 g/mol. The van der Waals surface area contributed by atoms with Crippen LogP contribution in [0.5, 0.6) is 0 Å². The van der Waals surface area contributed by atoms with E-state index >= 15 is 0 Å². The first-order chi connectivity index (χ1) is 13.3. The summed E-state index contributed by atoms with van der Waals surface area (Å²) in [5, 5.41) is 2.79. The minimum Gasteiger partial charge on any atom is -0.322 e. The van der Waals surface area contributed by atoms with Crippen molar-refractivity contribution in [1.29, 1.82) is 0 Å². The van der Waals surface area contributed by atoms with Gasteiger partial charge in [0, 0.05) is 17.8 Å². The third kappa shape index (κ3) is 4.85. The molecule has 0 fully saturated rings. The highest BCUT2D eigenvalue weighted by atomic mass is 32.2. The van der Waals surface area contributed by atoms with Crippen molar-refractivity contribution < 1.29 is 13.2 Å². The highest BCUT2D eigenvalue weighted by Crippen LogP contribution is 2.16. The van der Waals surface area contributed by atoms with E-state index in [1.165, 1.54) is 12.1 Å². The third-order valence-corrected chi connectivity index (χ3v) is 5.80. The summed E-state index contributed by atoms with van der Waals surface area (Å²) in [5.74, 6) is -0.360. The second kappa shape index (κ2) is 8.37. The zero-order chi connectivity index (χ0) is 20.1. The number of nitrogens with one attached hydrogen (secondary N) is 2. The average Bonchev–Trinajstić information content (AvgIpc) is 2.67. The van der Waals surface area contributed by atoms with Gasteiger partial charge in [0.05, 0.1) is 4.90 Å². The van der Waals surface area contributed by atoms with E-state index in [2.05, 4.69) is 10.0 Å². The molecular weight excluding hydrogens is 372 g/mol. The lowest BCUT2D eigenvalue weighted by atomic mass is 10.1. The molecule has 1 amide bonds. The van der Waals surface area contributed by atoms with Crippen molar-refractivity contribution in [2.45, 2.75) is 25.3 Å². The number of amides is 1. The first-order valence-electron chi connectivity index (χ1n) is 8.87. The highest BCUT2D eigenvalue weighted by molar-refractivity contribution is 7.89. The Morgan fingerprint density at radius 3 is 2.39 bits per heavy atom. The third-order valence-electron chi connectivity index (χ3n) is 4.40. The predicted molar refractivity (Wildman–Crippen MR) is 111 cm³/mol. The van der Waals surface area contributed by atoms with Gasteiger partial charge in [-0.15, -0.1) is 0 Å². The zero-order valence-corrected chi connectivity index (χ0v) is 16.6. The summed E-state index contributed by atoms with van der Waals surface area (Å²) < 4.78 is 27.9. The van der Waals surface area contributed by atoms with Crippen LogP contribution in [0.25, 0.3) is 0 Å². The molecule has 0 spiro atoms. The molecule has 0 aliphatic rings. The van der Waals surface area contributed by atoms with E-state index in [1.807, 2.05) is 56.3 Å². The normalized spacial score (nSPS) is 11.2. The standard InChI is InChI=1S/C22H22N2O3S/c1-16-7-5-11-20(13-16)24-22(25)18-10-6-12-21(14-18)28(26,27)23-15-19-9-4-3-8-17(19)2/h3-14,23H,15H2,1-2H3,(H,24,25). The number of carbonyl (C=O) groups excluding carboxylic acids is 1. The summed E-state index contributed by atoms with van der Waals surface area (Å²) in [7, 11) is -3.74. The van der Waals surface area contributed by atoms with E-state index in [0.29, 0.717) is 5.69 Å².